The number of hydrogen-bond acceptors (Lipinski definition) is 2. The van der Waals surface area contributed by atoms with E-state index in [1.165, 1.54) is 5.39 Å². The molecular weight excluding hydrogens is 308 g/mol. The lowest BCUT2D eigenvalue weighted by molar-refractivity contribution is -0.114. The van der Waals surface area contributed by atoms with Gasteiger partial charge < -0.3 is 10.6 Å². The number of anilines is 2. The molecule has 116 valence electrons. The summed E-state index contributed by atoms with van der Waals surface area (Å²) in [5.41, 5.74) is 2.60. The second-order valence-corrected chi connectivity index (χ2v) is 5.83. The van der Waals surface area contributed by atoms with Crippen LogP contribution in [-0.2, 0) is 4.79 Å². The average molecular weight is 325 g/mol. The summed E-state index contributed by atoms with van der Waals surface area (Å²) in [6.07, 6.45) is 0. The first-order valence-electron chi connectivity index (χ1n) is 7.40. The van der Waals surface area contributed by atoms with Crippen LogP contribution in [0, 0.1) is 6.92 Å². The molecule has 0 aliphatic heterocycles. The van der Waals surface area contributed by atoms with Crippen LogP contribution in [0.4, 0.5) is 11.4 Å². The lowest BCUT2D eigenvalue weighted by atomic mass is 10.1. The number of aryl methyl sites for hydroxylation is 1. The minimum atomic E-state index is -0.113. The Bertz CT molecular complexity index is 861. The predicted molar refractivity (Wildman–Crippen MR) is 97.3 cm³/mol. The molecule has 2 N–H and O–H groups in total. The Balaban J connectivity index is 1.62. The molecule has 0 aliphatic rings. The molecule has 0 saturated carbocycles. The van der Waals surface area contributed by atoms with Crippen molar-refractivity contribution in [3.63, 3.8) is 0 Å². The lowest BCUT2D eigenvalue weighted by Gasteiger charge is -2.09. The van der Waals surface area contributed by atoms with Gasteiger partial charge >= 0.3 is 0 Å². The van der Waals surface area contributed by atoms with E-state index in [4.69, 9.17) is 11.6 Å². The highest BCUT2D eigenvalue weighted by molar-refractivity contribution is 6.31. The smallest absolute Gasteiger partial charge is 0.243 e. The minimum absolute atomic E-state index is 0.113. The van der Waals surface area contributed by atoms with Gasteiger partial charge in [0.05, 0.1) is 6.54 Å². The minimum Gasteiger partial charge on any atom is -0.376 e. The largest absolute Gasteiger partial charge is 0.376 e. The number of carbonyl (C=O) groups is 1. The first-order chi connectivity index (χ1) is 11.1. The molecule has 3 aromatic rings. The maximum absolute atomic E-state index is 12.0. The van der Waals surface area contributed by atoms with Crippen LogP contribution in [0.15, 0.2) is 60.7 Å². The van der Waals surface area contributed by atoms with E-state index in [0.717, 1.165) is 16.6 Å². The zero-order valence-electron chi connectivity index (χ0n) is 12.8. The molecule has 0 radical (unpaired) electrons. The molecule has 3 nitrogen and oxygen atoms in total. The summed E-state index contributed by atoms with van der Waals surface area (Å²) in [6.45, 7) is 2.12. The summed E-state index contributed by atoms with van der Waals surface area (Å²) >= 11 is 6.06. The van der Waals surface area contributed by atoms with Crippen LogP contribution in [0.1, 0.15) is 5.56 Å². The van der Waals surface area contributed by atoms with Crippen molar-refractivity contribution in [3.8, 4) is 0 Å². The summed E-state index contributed by atoms with van der Waals surface area (Å²) < 4.78 is 0. The fraction of sp³-hybridized carbons (Fsp3) is 0.105. The topological polar surface area (TPSA) is 41.1 Å². The maximum Gasteiger partial charge on any atom is 0.243 e. The summed E-state index contributed by atoms with van der Waals surface area (Å²) in [5.74, 6) is -0.113. The zero-order valence-corrected chi connectivity index (χ0v) is 13.5. The van der Waals surface area contributed by atoms with Gasteiger partial charge in [0.15, 0.2) is 0 Å². The van der Waals surface area contributed by atoms with Crippen molar-refractivity contribution in [2.45, 2.75) is 6.92 Å². The molecule has 3 rings (SSSR count). The summed E-state index contributed by atoms with van der Waals surface area (Å²) in [4.78, 5) is 12.0. The summed E-state index contributed by atoms with van der Waals surface area (Å²) in [6, 6.07) is 19.6. The SMILES string of the molecule is Cc1ccc(NC(=O)CNc2ccc3ccccc3c2)cc1Cl. The molecule has 0 unspecified atom stereocenters. The second-order valence-electron chi connectivity index (χ2n) is 5.43. The van der Waals surface area contributed by atoms with Gasteiger partial charge in [0.1, 0.15) is 0 Å². The molecule has 0 aliphatic carbocycles. The number of nitrogens with one attached hydrogen (secondary N) is 2. The fourth-order valence-electron chi connectivity index (χ4n) is 2.36. The van der Waals surface area contributed by atoms with Crippen molar-refractivity contribution in [1.82, 2.24) is 0 Å². The van der Waals surface area contributed by atoms with Crippen molar-refractivity contribution in [3.05, 3.63) is 71.2 Å². The molecule has 3 aromatic carbocycles. The zero-order chi connectivity index (χ0) is 16.2. The molecular formula is C19H17ClN2O. The quantitative estimate of drug-likeness (QED) is 0.720. The molecule has 1 amide bonds. The Morgan fingerprint density at radius 2 is 1.70 bits per heavy atom. The van der Waals surface area contributed by atoms with Crippen LogP contribution in [-0.4, -0.2) is 12.5 Å². The Morgan fingerprint density at radius 3 is 2.48 bits per heavy atom. The van der Waals surface area contributed by atoms with Crippen molar-refractivity contribution in [1.29, 1.82) is 0 Å². The average Bonchev–Trinajstić information content (AvgIpc) is 2.56. The molecule has 0 fully saturated rings. The number of halogens is 1. The van der Waals surface area contributed by atoms with Crippen molar-refractivity contribution in [2.75, 3.05) is 17.2 Å². The Morgan fingerprint density at radius 1 is 0.957 bits per heavy atom. The van der Waals surface area contributed by atoms with Gasteiger partial charge in [-0.05, 0) is 47.5 Å². The van der Waals surface area contributed by atoms with Gasteiger partial charge in [-0.2, -0.15) is 0 Å². The Labute approximate surface area is 140 Å². The van der Waals surface area contributed by atoms with Gasteiger partial charge in [0, 0.05) is 16.4 Å². The lowest BCUT2D eigenvalue weighted by Crippen LogP contribution is -2.21. The van der Waals surface area contributed by atoms with Crippen molar-refractivity contribution < 1.29 is 4.79 Å². The molecule has 0 saturated heterocycles. The van der Waals surface area contributed by atoms with Crippen LogP contribution in [0.2, 0.25) is 5.02 Å². The summed E-state index contributed by atoms with van der Waals surface area (Å²) in [5, 5.41) is 8.93. The Hall–Kier alpha value is -2.52. The van der Waals surface area contributed by atoms with Gasteiger partial charge in [-0.3, -0.25) is 4.79 Å². The van der Waals surface area contributed by atoms with E-state index in [-0.39, 0.29) is 12.5 Å². The van der Waals surface area contributed by atoms with Gasteiger partial charge in [0.25, 0.3) is 0 Å². The van der Waals surface area contributed by atoms with E-state index in [1.54, 1.807) is 6.07 Å². The third kappa shape index (κ3) is 3.82. The van der Waals surface area contributed by atoms with Crippen LogP contribution in [0.3, 0.4) is 0 Å². The number of hydrogen-bond donors (Lipinski definition) is 2. The number of carbonyl (C=O) groups excluding carboxylic acids is 1. The van der Waals surface area contributed by atoms with E-state index in [0.29, 0.717) is 10.7 Å². The highest BCUT2D eigenvalue weighted by Gasteiger charge is 2.04. The molecule has 23 heavy (non-hydrogen) atoms. The number of benzene rings is 3. The molecule has 0 aromatic heterocycles. The number of fused-ring (bicyclic) bond motifs is 1. The standard InChI is InChI=1S/C19H17ClN2O/c1-13-6-8-17(11-18(13)20)22-19(23)12-21-16-9-7-14-4-2-3-5-15(14)10-16/h2-11,21H,12H2,1H3,(H,22,23). The highest BCUT2D eigenvalue weighted by Crippen LogP contribution is 2.20. The van der Waals surface area contributed by atoms with Crippen LogP contribution >= 0.6 is 11.6 Å². The van der Waals surface area contributed by atoms with Gasteiger partial charge in [0.2, 0.25) is 5.91 Å². The van der Waals surface area contributed by atoms with Crippen molar-refractivity contribution in [2.24, 2.45) is 0 Å². The first kappa shape index (κ1) is 15.4. The molecule has 0 spiro atoms. The van der Waals surface area contributed by atoms with E-state index in [1.807, 2.05) is 49.4 Å². The van der Waals surface area contributed by atoms with E-state index < -0.39 is 0 Å². The van der Waals surface area contributed by atoms with Crippen LogP contribution < -0.4 is 10.6 Å². The first-order valence-corrected chi connectivity index (χ1v) is 7.78. The number of rotatable bonds is 4. The normalized spacial score (nSPS) is 10.5. The highest BCUT2D eigenvalue weighted by atomic mass is 35.5. The molecule has 4 heteroatoms. The van der Waals surface area contributed by atoms with Crippen LogP contribution in [0.5, 0.6) is 0 Å². The van der Waals surface area contributed by atoms with Gasteiger partial charge in [-0.25, -0.2) is 0 Å². The van der Waals surface area contributed by atoms with Gasteiger partial charge in [-0.1, -0.05) is 48.0 Å². The third-order valence-corrected chi connectivity index (χ3v) is 4.07. The number of amides is 1. The maximum atomic E-state index is 12.0. The van der Waals surface area contributed by atoms with E-state index in [9.17, 15) is 4.79 Å². The summed E-state index contributed by atoms with van der Waals surface area (Å²) in [7, 11) is 0. The molecule has 0 heterocycles. The fourth-order valence-corrected chi connectivity index (χ4v) is 2.54. The predicted octanol–water partition coefficient (Wildman–Crippen LogP) is 4.85. The van der Waals surface area contributed by atoms with Crippen LogP contribution in [0.25, 0.3) is 10.8 Å². The Kier molecular flexibility index (Phi) is 4.49. The molecule has 0 bridgehead atoms. The van der Waals surface area contributed by atoms with E-state index in [2.05, 4.69) is 22.8 Å². The second kappa shape index (κ2) is 6.71. The molecule has 0 atom stereocenters. The van der Waals surface area contributed by atoms with E-state index >= 15 is 0 Å². The van der Waals surface area contributed by atoms with Gasteiger partial charge in [-0.15, -0.1) is 0 Å². The van der Waals surface area contributed by atoms with Crippen molar-refractivity contribution >= 4 is 39.7 Å². The monoisotopic (exact) mass is 324 g/mol. The third-order valence-electron chi connectivity index (χ3n) is 3.66.